The number of hydrogen-bond acceptors (Lipinski definition) is 6. The molecule has 0 aliphatic heterocycles. The van der Waals surface area contributed by atoms with Crippen LogP contribution in [0.4, 0.5) is 5.82 Å². The number of anilines is 1. The highest BCUT2D eigenvalue weighted by Crippen LogP contribution is 2.34. The summed E-state index contributed by atoms with van der Waals surface area (Å²) in [5.74, 6) is 0.431. The minimum absolute atomic E-state index is 0.0972. The number of fused-ring (bicyclic) bond motifs is 1. The normalized spacial score (nSPS) is 11.0. The predicted octanol–water partition coefficient (Wildman–Crippen LogP) is 4.44. The van der Waals surface area contributed by atoms with Crippen molar-refractivity contribution in [3.8, 4) is 28.7 Å². The highest BCUT2D eigenvalue weighted by atomic mass is 35.5. The van der Waals surface area contributed by atoms with Crippen LogP contribution in [0.3, 0.4) is 0 Å². The SMILES string of the molecule is CC(C)Nc1nc(-c2ccn(C)n2)c(-c2cc(Cl)c3ncccc3c2)nc1C#N. The second-order valence-electron chi connectivity index (χ2n) is 6.94. The van der Waals surface area contributed by atoms with E-state index < -0.39 is 0 Å². The second kappa shape index (κ2) is 7.49. The van der Waals surface area contributed by atoms with Gasteiger partial charge in [0.05, 0.1) is 10.5 Å². The van der Waals surface area contributed by atoms with E-state index in [2.05, 4.69) is 26.5 Å². The lowest BCUT2D eigenvalue weighted by Crippen LogP contribution is -2.14. The molecule has 0 saturated heterocycles. The standard InChI is InChI=1S/C21H18ClN7/c1-12(2)25-21-17(11-23)26-19(20(27-21)16-6-8-29(3)28-16)14-9-13-5-4-7-24-18(13)15(22)10-14/h4-10,12H,1-3H3,(H,25,27). The highest BCUT2D eigenvalue weighted by molar-refractivity contribution is 6.35. The van der Waals surface area contributed by atoms with Gasteiger partial charge in [-0.1, -0.05) is 17.7 Å². The van der Waals surface area contributed by atoms with E-state index in [1.54, 1.807) is 16.9 Å². The molecule has 0 radical (unpaired) electrons. The molecular weight excluding hydrogens is 386 g/mol. The summed E-state index contributed by atoms with van der Waals surface area (Å²) in [5, 5.41) is 18.7. The Kier molecular flexibility index (Phi) is 4.87. The number of halogens is 1. The van der Waals surface area contributed by atoms with E-state index >= 15 is 0 Å². The van der Waals surface area contributed by atoms with E-state index in [9.17, 15) is 5.26 Å². The minimum Gasteiger partial charge on any atom is -0.365 e. The van der Waals surface area contributed by atoms with Crippen LogP contribution in [0.5, 0.6) is 0 Å². The van der Waals surface area contributed by atoms with E-state index in [1.165, 1.54) is 0 Å². The van der Waals surface area contributed by atoms with Gasteiger partial charge in [0.25, 0.3) is 0 Å². The summed E-state index contributed by atoms with van der Waals surface area (Å²) in [5.41, 5.74) is 3.46. The minimum atomic E-state index is 0.0972. The van der Waals surface area contributed by atoms with Gasteiger partial charge in [-0.05, 0) is 38.1 Å². The third-order valence-electron chi connectivity index (χ3n) is 4.32. The first-order valence-electron chi connectivity index (χ1n) is 9.09. The zero-order chi connectivity index (χ0) is 20.5. The summed E-state index contributed by atoms with van der Waals surface area (Å²) >= 11 is 6.48. The largest absolute Gasteiger partial charge is 0.365 e. The van der Waals surface area contributed by atoms with Gasteiger partial charge in [0.2, 0.25) is 0 Å². The molecule has 0 saturated carbocycles. The molecule has 0 fully saturated rings. The fourth-order valence-electron chi connectivity index (χ4n) is 3.09. The van der Waals surface area contributed by atoms with Crippen LogP contribution >= 0.6 is 11.6 Å². The Morgan fingerprint density at radius 2 is 2.00 bits per heavy atom. The fourth-order valence-corrected chi connectivity index (χ4v) is 3.37. The highest BCUT2D eigenvalue weighted by Gasteiger charge is 2.20. The molecular formula is C21H18ClN7. The van der Waals surface area contributed by atoms with Crippen molar-refractivity contribution >= 4 is 28.3 Å². The summed E-state index contributed by atoms with van der Waals surface area (Å²) in [7, 11) is 1.84. The first-order valence-corrected chi connectivity index (χ1v) is 9.47. The van der Waals surface area contributed by atoms with Crippen molar-refractivity contribution in [3.05, 3.63) is 53.4 Å². The van der Waals surface area contributed by atoms with Gasteiger partial charge in [-0.2, -0.15) is 10.4 Å². The zero-order valence-corrected chi connectivity index (χ0v) is 16.9. The molecule has 0 aliphatic rings. The van der Waals surface area contributed by atoms with Gasteiger partial charge in [0.1, 0.15) is 23.2 Å². The second-order valence-corrected chi connectivity index (χ2v) is 7.34. The van der Waals surface area contributed by atoms with Crippen LogP contribution in [0.15, 0.2) is 42.7 Å². The van der Waals surface area contributed by atoms with Gasteiger partial charge in [-0.25, -0.2) is 9.97 Å². The smallest absolute Gasteiger partial charge is 0.183 e. The molecule has 144 valence electrons. The van der Waals surface area contributed by atoms with Crippen molar-refractivity contribution in [2.45, 2.75) is 19.9 Å². The van der Waals surface area contributed by atoms with E-state index in [0.29, 0.717) is 33.4 Å². The Balaban J connectivity index is 2.00. The van der Waals surface area contributed by atoms with Crippen molar-refractivity contribution in [1.82, 2.24) is 24.7 Å². The van der Waals surface area contributed by atoms with Crippen molar-refractivity contribution in [2.24, 2.45) is 7.05 Å². The molecule has 0 unspecified atom stereocenters. The summed E-state index contributed by atoms with van der Waals surface area (Å²) in [6, 6.07) is 11.6. The molecule has 0 atom stereocenters. The number of nitriles is 1. The number of benzene rings is 1. The Hall–Kier alpha value is -3.50. The Bertz CT molecular complexity index is 1250. The molecule has 4 rings (SSSR count). The average molecular weight is 404 g/mol. The third-order valence-corrected chi connectivity index (χ3v) is 4.60. The van der Waals surface area contributed by atoms with Crippen molar-refractivity contribution in [3.63, 3.8) is 0 Å². The monoisotopic (exact) mass is 403 g/mol. The van der Waals surface area contributed by atoms with Gasteiger partial charge in [0, 0.05) is 36.4 Å². The lowest BCUT2D eigenvalue weighted by atomic mass is 10.0. The maximum absolute atomic E-state index is 9.65. The van der Waals surface area contributed by atoms with Gasteiger partial charge in [-0.15, -0.1) is 0 Å². The van der Waals surface area contributed by atoms with Crippen molar-refractivity contribution in [1.29, 1.82) is 5.26 Å². The van der Waals surface area contributed by atoms with E-state index in [4.69, 9.17) is 16.6 Å². The van der Waals surface area contributed by atoms with E-state index in [-0.39, 0.29) is 11.7 Å². The predicted molar refractivity (Wildman–Crippen MR) is 113 cm³/mol. The lowest BCUT2D eigenvalue weighted by molar-refractivity contribution is 0.769. The number of aryl methyl sites for hydroxylation is 1. The van der Waals surface area contributed by atoms with Crippen LogP contribution in [-0.2, 0) is 7.05 Å². The van der Waals surface area contributed by atoms with Gasteiger partial charge >= 0.3 is 0 Å². The molecule has 1 aromatic carbocycles. The first-order chi connectivity index (χ1) is 14.0. The summed E-state index contributed by atoms with van der Waals surface area (Å²) < 4.78 is 1.70. The Morgan fingerprint density at radius 1 is 1.17 bits per heavy atom. The fraction of sp³-hybridized carbons (Fsp3) is 0.190. The molecule has 7 nitrogen and oxygen atoms in total. The average Bonchev–Trinajstić information content (AvgIpc) is 3.13. The lowest BCUT2D eigenvalue weighted by Gasteiger charge is -2.14. The van der Waals surface area contributed by atoms with Crippen LogP contribution in [0.25, 0.3) is 33.5 Å². The number of aromatic nitrogens is 5. The molecule has 0 spiro atoms. The summed E-state index contributed by atoms with van der Waals surface area (Å²) in [6.45, 7) is 3.96. The molecule has 1 N–H and O–H groups in total. The first kappa shape index (κ1) is 18.8. The van der Waals surface area contributed by atoms with E-state index in [0.717, 1.165) is 10.9 Å². The summed E-state index contributed by atoms with van der Waals surface area (Å²) in [4.78, 5) is 13.7. The van der Waals surface area contributed by atoms with Gasteiger partial charge in [0.15, 0.2) is 11.5 Å². The maximum atomic E-state index is 9.65. The molecule has 3 heterocycles. The third kappa shape index (κ3) is 3.62. The Labute approximate surface area is 173 Å². The zero-order valence-electron chi connectivity index (χ0n) is 16.2. The van der Waals surface area contributed by atoms with Gasteiger partial charge in [-0.3, -0.25) is 9.67 Å². The van der Waals surface area contributed by atoms with Crippen LogP contribution in [0.1, 0.15) is 19.5 Å². The number of nitrogens with one attached hydrogen (secondary N) is 1. The molecule has 4 aromatic rings. The van der Waals surface area contributed by atoms with Crippen molar-refractivity contribution in [2.75, 3.05) is 5.32 Å². The van der Waals surface area contributed by atoms with Gasteiger partial charge < -0.3 is 5.32 Å². The van der Waals surface area contributed by atoms with Crippen LogP contribution in [0.2, 0.25) is 5.02 Å². The van der Waals surface area contributed by atoms with Crippen LogP contribution in [0, 0.1) is 11.3 Å². The quantitative estimate of drug-likeness (QED) is 0.541. The van der Waals surface area contributed by atoms with Crippen LogP contribution < -0.4 is 5.32 Å². The molecule has 3 aromatic heterocycles. The molecule has 0 aliphatic carbocycles. The summed E-state index contributed by atoms with van der Waals surface area (Å²) in [6.07, 6.45) is 3.54. The van der Waals surface area contributed by atoms with E-state index in [1.807, 2.05) is 51.4 Å². The Morgan fingerprint density at radius 3 is 2.69 bits per heavy atom. The topological polar surface area (TPSA) is 92.3 Å². The molecule has 0 bridgehead atoms. The number of hydrogen-bond donors (Lipinski definition) is 1. The number of rotatable bonds is 4. The maximum Gasteiger partial charge on any atom is 0.183 e. The molecule has 8 heteroatoms. The number of nitrogens with zero attached hydrogens (tertiary/aromatic N) is 6. The molecule has 29 heavy (non-hydrogen) atoms. The number of pyridine rings is 1. The van der Waals surface area contributed by atoms with Crippen molar-refractivity contribution < 1.29 is 0 Å². The van der Waals surface area contributed by atoms with Crippen LogP contribution in [-0.4, -0.2) is 30.8 Å². The molecule has 0 amide bonds.